The highest BCUT2D eigenvalue weighted by molar-refractivity contribution is 14.0. The maximum atomic E-state index is 9.11. The summed E-state index contributed by atoms with van der Waals surface area (Å²) in [5.74, 6) is 1.35. The van der Waals surface area contributed by atoms with E-state index in [0.717, 1.165) is 42.8 Å². The van der Waals surface area contributed by atoms with E-state index >= 15 is 0 Å². The van der Waals surface area contributed by atoms with Gasteiger partial charge in [-0.25, -0.2) is 4.99 Å². The smallest absolute Gasteiger partial charge is 0.191 e. The van der Waals surface area contributed by atoms with Crippen LogP contribution in [-0.4, -0.2) is 30.8 Å². The Kier molecular flexibility index (Phi) is 13.7. The van der Waals surface area contributed by atoms with Crippen LogP contribution in [0.4, 0.5) is 0 Å². The van der Waals surface area contributed by atoms with Gasteiger partial charge in [0.15, 0.2) is 5.96 Å². The molecule has 0 saturated heterocycles. The van der Waals surface area contributed by atoms with E-state index in [1.54, 1.807) is 11.3 Å². The van der Waals surface area contributed by atoms with E-state index in [0.29, 0.717) is 12.5 Å². The minimum Gasteiger partial charge on any atom is -0.396 e. The molecule has 0 aromatic carbocycles. The van der Waals surface area contributed by atoms with Crippen molar-refractivity contribution in [2.24, 2.45) is 10.9 Å². The molecule has 1 aromatic rings. The third kappa shape index (κ3) is 9.32. The van der Waals surface area contributed by atoms with Crippen LogP contribution in [0.3, 0.4) is 0 Å². The van der Waals surface area contributed by atoms with Gasteiger partial charge in [-0.2, -0.15) is 0 Å². The Morgan fingerprint density at radius 2 is 2.14 bits per heavy atom. The zero-order chi connectivity index (χ0) is 15.5. The second kappa shape index (κ2) is 13.6. The predicted octanol–water partition coefficient (Wildman–Crippen LogP) is 3.98. The van der Waals surface area contributed by atoms with Gasteiger partial charge in [0.05, 0.1) is 6.54 Å². The largest absolute Gasteiger partial charge is 0.396 e. The fourth-order valence-corrected chi connectivity index (χ4v) is 3.49. The summed E-state index contributed by atoms with van der Waals surface area (Å²) in [6.07, 6.45) is 3.12. The third-order valence-corrected chi connectivity index (χ3v) is 4.83. The monoisotopic (exact) mass is 503 g/mol. The van der Waals surface area contributed by atoms with Gasteiger partial charge in [-0.3, -0.25) is 0 Å². The molecule has 0 spiro atoms. The number of aliphatic hydroxyl groups is 1. The summed E-state index contributed by atoms with van der Waals surface area (Å²) >= 11 is 5.17. The van der Waals surface area contributed by atoms with Crippen LogP contribution >= 0.6 is 51.2 Å². The highest BCUT2D eigenvalue weighted by atomic mass is 127. The van der Waals surface area contributed by atoms with Gasteiger partial charge in [0, 0.05) is 34.4 Å². The average Bonchev–Trinajstić information content (AvgIpc) is 2.88. The molecular weight excluding hydrogens is 477 g/mol. The maximum Gasteiger partial charge on any atom is 0.191 e. The molecule has 3 N–H and O–H groups in total. The minimum absolute atomic E-state index is 0. The first kappa shape index (κ1) is 22.1. The standard InChI is InChI=1S/C15H26BrN3OS.HI/c1-3-5-12(6-7-20)9-18-15(17-4-2)19-10-14-8-13(16)11-21-14;/h8,11-12,20H,3-7,9-10H2,1-2H3,(H2,17,18,19);1H. The molecule has 1 heterocycles. The van der Waals surface area contributed by atoms with Crippen molar-refractivity contribution in [2.75, 3.05) is 19.7 Å². The van der Waals surface area contributed by atoms with Gasteiger partial charge in [0.1, 0.15) is 0 Å². The Balaban J connectivity index is 0.00000441. The normalized spacial score (nSPS) is 12.6. The number of halogens is 2. The predicted molar refractivity (Wildman–Crippen MR) is 110 cm³/mol. The van der Waals surface area contributed by atoms with Crippen molar-refractivity contribution in [1.29, 1.82) is 0 Å². The molecule has 0 amide bonds. The van der Waals surface area contributed by atoms with Crippen molar-refractivity contribution in [3.05, 3.63) is 20.8 Å². The van der Waals surface area contributed by atoms with Crippen molar-refractivity contribution < 1.29 is 5.11 Å². The van der Waals surface area contributed by atoms with E-state index in [1.807, 2.05) is 0 Å². The van der Waals surface area contributed by atoms with Crippen molar-refractivity contribution in [2.45, 2.75) is 39.7 Å². The molecule has 0 aliphatic rings. The van der Waals surface area contributed by atoms with Crippen LogP contribution < -0.4 is 10.6 Å². The first-order chi connectivity index (χ1) is 10.2. The summed E-state index contributed by atoms with van der Waals surface area (Å²) in [7, 11) is 0. The Hall–Kier alpha value is 0.140. The summed E-state index contributed by atoms with van der Waals surface area (Å²) in [4.78, 5) is 5.85. The van der Waals surface area contributed by atoms with Crippen LogP contribution in [0.1, 0.15) is 38.0 Å². The molecule has 1 rings (SSSR count). The van der Waals surface area contributed by atoms with Crippen LogP contribution in [0.2, 0.25) is 0 Å². The number of aliphatic hydroxyl groups excluding tert-OH is 1. The van der Waals surface area contributed by atoms with Crippen LogP contribution in [0.15, 0.2) is 20.9 Å². The van der Waals surface area contributed by atoms with Gasteiger partial charge >= 0.3 is 0 Å². The van der Waals surface area contributed by atoms with E-state index in [1.165, 1.54) is 4.88 Å². The van der Waals surface area contributed by atoms with Crippen molar-refractivity contribution >= 4 is 57.2 Å². The summed E-state index contributed by atoms with van der Waals surface area (Å²) in [6.45, 7) is 6.88. The van der Waals surface area contributed by atoms with Gasteiger partial charge in [-0.15, -0.1) is 35.3 Å². The molecule has 1 aromatic heterocycles. The molecule has 0 radical (unpaired) electrons. The first-order valence-corrected chi connectivity index (χ1v) is 9.22. The van der Waals surface area contributed by atoms with Crippen LogP contribution in [0, 0.1) is 5.92 Å². The maximum absolute atomic E-state index is 9.11. The van der Waals surface area contributed by atoms with Crippen molar-refractivity contribution in [1.82, 2.24) is 10.6 Å². The lowest BCUT2D eigenvalue weighted by molar-refractivity contribution is 0.251. The SMILES string of the molecule is CCCC(CCO)CNC(=NCc1cc(Br)cs1)NCC.I. The van der Waals surface area contributed by atoms with Crippen molar-refractivity contribution in [3.63, 3.8) is 0 Å². The minimum atomic E-state index is 0. The van der Waals surface area contributed by atoms with Gasteiger partial charge in [-0.05, 0) is 47.7 Å². The average molecular weight is 504 g/mol. The molecule has 1 unspecified atom stereocenters. The van der Waals surface area contributed by atoms with Crippen LogP contribution in [-0.2, 0) is 6.54 Å². The fourth-order valence-electron chi connectivity index (χ4n) is 2.12. The number of guanidine groups is 1. The zero-order valence-electron chi connectivity index (χ0n) is 13.3. The molecule has 22 heavy (non-hydrogen) atoms. The molecular formula is C15H27BrIN3OS. The number of nitrogens with one attached hydrogen (secondary N) is 2. The Morgan fingerprint density at radius 1 is 1.36 bits per heavy atom. The lowest BCUT2D eigenvalue weighted by Gasteiger charge is -2.18. The lowest BCUT2D eigenvalue weighted by Crippen LogP contribution is -2.40. The molecule has 1 atom stereocenters. The van der Waals surface area contributed by atoms with E-state index < -0.39 is 0 Å². The highest BCUT2D eigenvalue weighted by Crippen LogP contribution is 2.20. The fraction of sp³-hybridized carbons (Fsp3) is 0.667. The quantitative estimate of drug-likeness (QED) is 0.271. The van der Waals surface area contributed by atoms with Gasteiger partial charge in [-0.1, -0.05) is 13.3 Å². The summed E-state index contributed by atoms with van der Waals surface area (Å²) in [5, 5.41) is 17.8. The molecule has 0 aliphatic carbocycles. The Bertz CT molecular complexity index is 423. The number of hydrogen-bond acceptors (Lipinski definition) is 3. The van der Waals surface area contributed by atoms with E-state index in [9.17, 15) is 0 Å². The number of nitrogens with zero attached hydrogens (tertiary/aromatic N) is 1. The molecule has 0 bridgehead atoms. The molecule has 0 fully saturated rings. The molecule has 7 heteroatoms. The second-order valence-corrected chi connectivity index (χ2v) is 6.89. The summed E-state index contributed by atoms with van der Waals surface area (Å²) in [5.41, 5.74) is 0. The van der Waals surface area contributed by atoms with Gasteiger partial charge in [0.25, 0.3) is 0 Å². The number of aliphatic imine (C=N–C) groups is 1. The first-order valence-electron chi connectivity index (χ1n) is 7.55. The number of rotatable bonds is 9. The van der Waals surface area contributed by atoms with Gasteiger partial charge in [0.2, 0.25) is 0 Å². The van der Waals surface area contributed by atoms with E-state index in [-0.39, 0.29) is 30.6 Å². The molecule has 0 aliphatic heterocycles. The highest BCUT2D eigenvalue weighted by Gasteiger charge is 2.08. The van der Waals surface area contributed by atoms with E-state index in [4.69, 9.17) is 5.11 Å². The van der Waals surface area contributed by atoms with Crippen molar-refractivity contribution in [3.8, 4) is 0 Å². The molecule has 128 valence electrons. The Labute approximate surface area is 163 Å². The summed E-state index contributed by atoms with van der Waals surface area (Å²) < 4.78 is 1.11. The topological polar surface area (TPSA) is 56.6 Å². The Morgan fingerprint density at radius 3 is 2.68 bits per heavy atom. The summed E-state index contributed by atoms with van der Waals surface area (Å²) in [6, 6.07) is 2.10. The van der Waals surface area contributed by atoms with Crippen LogP contribution in [0.25, 0.3) is 0 Å². The molecule has 4 nitrogen and oxygen atoms in total. The second-order valence-electron chi connectivity index (χ2n) is 4.97. The lowest BCUT2D eigenvalue weighted by atomic mass is 10.0. The number of thiophene rings is 1. The molecule has 0 saturated carbocycles. The third-order valence-electron chi connectivity index (χ3n) is 3.15. The zero-order valence-corrected chi connectivity index (χ0v) is 18.0. The number of hydrogen-bond donors (Lipinski definition) is 3. The van der Waals surface area contributed by atoms with E-state index in [2.05, 4.69) is 56.8 Å². The van der Waals surface area contributed by atoms with Gasteiger partial charge < -0.3 is 15.7 Å². The van der Waals surface area contributed by atoms with Crippen LogP contribution in [0.5, 0.6) is 0 Å².